The second kappa shape index (κ2) is 7.08. The largest absolute Gasteiger partial charge is 0.481 e. The molecule has 1 aromatic heterocycles. The predicted molar refractivity (Wildman–Crippen MR) is 108 cm³/mol. The van der Waals surface area contributed by atoms with Crippen molar-refractivity contribution in [1.82, 2.24) is 4.98 Å². The molecule has 0 saturated carbocycles. The Morgan fingerprint density at radius 2 is 1.96 bits per heavy atom. The second-order valence-electron chi connectivity index (χ2n) is 6.86. The lowest BCUT2D eigenvalue weighted by atomic mass is 9.94. The number of aliphatic carboxylic acids is 1. The second-order valence-corrected chi connectivity index (χ2v) is 7.29. The Labute approximate surface area is 161 Å². The van der Waals surface area contributed by atoms with Crippen molar-refractivity contribution < 1.29 is 9.90 Å². The molecule has 1 aliphatic heterocycles. The summed E-state index contributed by atoms with van der Waals surface area (Å²) in [6, 6.07) is 15.1. The number of hydrogen-bond acceptors (Lipinski definition) is 3. The fourth-order valence-corrected chi connectivity index (χ4v) is 4.01. The maximum absolute atomic E-state index is 13.0. The first-order valence-corrected chi connectivity index (χ1v) is 9.31. The molecule has 2 N–H and O–H groups in total. The number of benzene rings is 2. The van der Waals surface area contributed by atoms with E-state index >= 15 is 0 Å². The number of aromatic nitrogens is 1. The van der Waals surface area contributed by atoms with Gasteiger partial charge in [-0.15, -0.1) is 0 Å². The van der Waals surface area contributed by atoms with Gasteiger partial charge in [-0.05, 0) is 36.6 Å². The molecule has 5 nitrogen and oxygen atoms in total. The number of carboxylic acids is 1. The fourth-order valence-electron chi connectivity index (χ4n) is 3.84. The topological polar surface area (TPSA) is 73.4 Å². The minimum Gasteiger partial charge on any atom is -0.481 e. The monoisotopic (exact) mass is 382 g/mol. The van der Waals surface area contributed by atoms with Gasteiger partial charge < -0.3 is 15.0 Å². The molecule has 0 aliphatic carbocycles. The summed E-state index contributed by atoms with van der Waals surface area (Å²) in [6.07, 6.45) is 1.36. The highest BCUT2D eigenvalue weighted by Gasteiger charge is 2.29. The van der Waals surface area contributed by atoms with E-state index in [1.54, 1.807) is 12.1 Å². The number of carbonyl (C=O) groups is 1. The first-order chi connectivity index (χ1) is 13.0. The van der Waals surface area contributed by atoms with Gasteiger partial charge >= 0.3 is 5.97 Å². The molecule has 2 aromatic carbocycles. The summed E-state index contributed by atoms with van der Waals surface area (Å²) in [5.74, 6) is -1.29. The van der Waals surface area contributed by atoms with Crippen LogP contribution in [0.25, 0.3) is 22.0 Å². The Bertz CT molecular complexity index is 1060. The van der Waals surface area contributed by atoms with Crippen LogP contribution < -0.4 is 10.5 Å². The normalized spacial score (nSPS) is 17.2. The van der Waals surface area contributed by atoms with Gasteiger partial charge in [-0.1, -0.05) is 41.9 Å². The molecule has 4 rings (SSSR count). The molecule has 1 aliphatic rings. The lowest BCUT2D eigenvalue weighted by Gasteiger charge is -2.33. The Balaban J connectivity index is 1.98. The van der Waals surface area contributed by atoms with Gasteiger partial charge in [0.05, 0.1) is 5.92 Å². The van der Waals surface area contributed by atoms with E-state index in [0.717, 1.165) is 22.9 Å². The number of piperidine rings is 1. The van der Waals surface area contributed by atoms with Crippen LogP contribution in [-0.4, -0.2) is 29.1 Å². The Hall–Kier alpha value is -2.79. The molecule has 0 amide bonds. The Morgan fingerprint density at radius 3 is 2.70 bits per heavy atom. The molecule has 0 unspecified atom stereocenters. The number of nitrogens with one attached hydrogen (secondary N) is 1. The fraction of sp³-hybridized carbons (Fsp3) is 0.238. The van der Waals surface area contributed by atoms with Gasteiger partial charge in [0.15, 0.2) is 0 Å². The molecule has 27 heavy (non-hydrogen) atoms. The highest BCUT2D eigenvalue weighted by Crippen LogP contribution is 2.36. The van der Waals surface area contributed by atoms with Crippen LogP contribution in [0, 0.1) is 5.92 Å². The molecule has 2 heterocycles. The van der Waals surface area contributed by atoms with E-state index in [-0.39, 0.29) is 5.56 Å². The molecule has 1 atom stereocenters. The predicted octanol–water partition coefficient (Wildman–Crippen LogP) is 4.15. The van der Waals surface area contributed by atoms with E-state index in [0.29, 0.717) is 35.7 Å². The van der Waals surface area contributed by atoms with Gasteiger partial charge in [-0.3, -0.25) is 9.59 Å². The minimum atomic E-state index is -0.818. The van der Waals surface area contributed by atoms with Crippen molar-refractivity contribution in [2.45, 2.75) is 12.8 Å². The van der Waals surface area contributed by atoms with E-state index in [9.17, 15) is 14.7 Å². The number of halogens is 1. The van der Waals surface area contributed by atoms with Crippen molar-refractivity contribution in [2.75, 3.05) is 18.0 Å². The summed E-state index contributed by atoms with van der Waals surface area (Å²) in [5.41, 5.74) is 2.71. The zero-order chi connectivity index (χ0) is 19.0. The molecule has 0 bridgehead atoms. The SMILES string of the molecule is O=C(O)[C@H]1CCCN(c2c(-c3ccccc3)c3cc(Cl)ccc3[nH]c2=O)C1. The van der Waals surface area contributed by atoms with E-state index < -0.39 is 11.9 Å². The molecular weight excluding hydrogens is 364 g/mol. The van der Waals surface area contributed by atoms with Crippen LogP contribution >= 0.6 is 11.6 Å². The summed E-state index contributed by atoms with van der Waals surface area (Å²) in [7, 11) is 0. The molecule has 1 saturated heterocycles. The van der Waals surface area contributed by atoms with Gasteiger partial charge in [0.25, 0.3) is 5.56 Å². The zero-order valence-corrected chi connectivity index (χ0v) is 15.4. The van der Waals surface area contributed by atoms with E-state index in [1.807, 2.05) is 41.3 Å². The number of pyridine rings is 1. The van der Waals surface area contributed by atoms with Crippen molar-refractivity contribution >= 4 is 34.2 Å². The highest BCUT2D eigenvalue weighted by molar-refractivity contribution is 6.31. The van der Waals surface area contributed by atoms with Gasteiger partial charge in [0.2, 0.25) is 0 Å². The average Bonchev–Trinajstić information content (AvgIpc) is 2.68. The summed E-state index contributed by atoms with van der Waals surface area (Å²) in [5, 5.41) is 10.9. The van der Waals surface area contributed by atoms with Crippen molar-refractivity contribution in [3.05, 3.63) is 63.9 Å². The summed E-state index contributed by atoms with van der Waals surface area (Å²) < 4.78 is 0. The number of aromatic amines is 1. The van der Waals surface area contributed by atoms with Crippen molar-refractivity contribution in [1.29, 1.82) is 0 Å². The molecule has 138 valence electrons. The third-order valence-electron chi connectivity index (χ3n) is 5.10. The number of nitrogens with zero attached hydrogens (tertiary/aromatic N) is 1. The maximum Gasteiger partial charge on any atom is 0.308 e. The third-order valence-corrected chi connectivity index (χ3v) is 5.34. The highest BCUT2D eigenvalue weighted by atomic mass is 35.5. The number of H-pyrrole nitrogens is 1. The lowest BCUT2D eigenvalue weighted by molar-refractivity contribution is -0.141. The third kappa shape index (κ3) is 3.30. The van der Waals surface area contributed by atoms with E-state index in [1.165, 1.54) is 0 Å². The first kappa shape index (κ1) is 17.6. The van der Waals surface area contributed by atoms with Crippen LogP contribution in [0.3, 0.4) is 0 Å². The van der Waals surface area contributed by atoms with E-state index in [2.05, 4.69) is 4.98 Å². The number of fused-ring (bicyclic) bond motifs is 1. The van der Waals surface area contributed by atoms with Crippen LogP contribution in [0.15, 0.2) is 53.3 Å². The van der Waals surface area contributed by atoms with E-state index in [4.69, 9.17) is 11.6 Å². The Morgan fingerprint density at radius 1 is 1.19 bits per heavy atom. The molecule has 3 aromatic rings. The molecular formula is C21H19ClN2O3. The van der Waals surface area contributed by atoms with Crippen LogP contribution in [0.2, 0.25) is 5.02 Å². The smallest absolute Gasteiger partial charge is 0.308 e. The standard InChI is InChI=1S/C21H19ClN2O3/c22-15-8-9-17-16(11-15)18(13-5-2-1-3-6-13)19(20(25)23-17)24-10-4-7-14(12-24)21(26)27/h1-3,5-6,8-9,11,14H,4,7,10,12H2,(H,23,25)(H,26,27)/t14-/m0/s1. The van der Waals surface area contributed by atoms with Crippen molar-refractivity contribution in [3.8, 4) is 11.1 Å². The zero-order valence-electron chi connectivity index (χ0n) is 14.6. The first-order valence-electron chi connectivity index (χ1n) is 8.93. The van der Waals surface area contributed by atoms with Crippen molar-refractivity contribution in [2.24, 2.45) is 5.92 Å². The van der Waals surface area contributed by atoms with Crippen LogP contribution in [0.4, 0.5) is 5.69 Å². The van der Waals surface area contributed by atoms with Crippen molar-refractivity contribution in [3.63, 3.8) is 0 Å². The summed E-state index contributed by atoms with van der Waals surface area (Å²) in [6.45, 7) is 0.975. The summed E-state index contributed by atoms with van der Waals surface area (Å²) >= 11 is 6.24. The average molecular weight is 383 g/mol. The molecule has 1 fully saturated rings. The van der Waals surface area contributed by atoms with Crippen LogP contribution in [0.5, 0.6) is 0 Å². The number of rotatable bonds is 3. The molecule has 0 spiro atoms. The van der Waals surface area contributed by atoms with Gasteiger partial charge in [-0.2, -0.15) is 0 Å². The molecule has 6 heteroatoms. The van der Waals surface area contributed by atoms with Gasteiger partial charge in [0.1, 0.15) is 5.69 Å². The Kier molecular flexibility index (Phi) is 4.62. The van der Waals surface area contributed by atoms with Gasteiger partial charge in [-0.25, -0.2) is 0 Å². The number of anilines is 1. The number of hydrogen-bond donors (Lipinski definition) is 2. The summed E-state index contributed by atoms with van der Waals surface area (Å²) in [4.78, 5) is 29.3. The van der Waals surface area contributed by atoms with Crippen LogP contribution in [-0.2, 0) is 4.79 Å². The molecule has 0 radical (unpaired) electrons. The number of carboxylic acid groups (broad SMARTS) is 1. The maximum atomic E-state index is 13.0. The van der Waals surface area contributed by atoms with Gasteiger partial charge in [0, 0.05) is 34.6 Å². The van der Waals surface area contributed by atoms with Crippen LogP contribution in [0.1, 0.15) is 12.8 Å². The quantitative estimate of drug-likeness (QED) is 0.713. The minimum absolute atomic E-state index is 0.213. The lowest BCUT2D eigenvalue weighted by Crippen LogP contribution is -2.41.